The molecular formula is C12H16N2O3. The summed E-state index contributed by atoms with van der Waals surface area (Å²) in [4.78, 5) is 17.3. The Morgan fingerprint density at radius 1 is 1.47 bits per heavy atom. The summed E-state index contributed by atoms with van der Waals surface area (Å²) in [6.45, 7) is 5.29. The van der Waals surface area contributed by atoms with E-state index in [1.807, 2.05) is 18.7 Å². The second-order valence-electron chi connectivity index (χ2n) is 4.34. The molecule has 1 aromatic heterocycles. The summed E-state index contributed by atoms with van der Waals surface area (Å²) in [5, 5.41) is 9.13. The number of carboxylic acids is 1. The van der Waals surface area contributed by atoms with Gasteiger partial charge in [-0.3, -0.25) is 0 Å². The minimum absolute atomic E-state index is 0.0856. The van der Waals surface area contributed by atoms with Crippen LogP contribution in [-0.4, -0.2) is 41.4 Å². The van der Waals surface area contributed by atoms with Crippen LogP contribution in [0.4, 0.5) is 5.82 Å². The number of ether oxygens (including phenoxy) is 1. The number of aromatic nitrogens is 1. The van der Waals surface area contributed by atoms with Crippen LogP contribution in [0, 0.1) is 0 Å². The molecule has 0 aromatic carbocycles. The molecule has 1 aliphatic heterocycles. The molecule has 0 spiro atoms. The standard InChI is InChI=1S/C12H16N2O3/c1-8-6-14(7-9(2)17-8)11-10(12(15)16)4-3-5-13-11/h3-5,8-9H,6-7H2,1-2H3,(H,15,16)/t8-,9-/m0/s1. The molecule has 17 heavy (non-hydrogen) atoms. The topological polar surface area (TPSA) is 62.7 Å². The van der Waals surface area contributed by atoms with Gasteiger partial charge in [-0.05, 0) is 26.0 Å². The Labute approximate surface area is 100 Å². The minimum atomic E-state index is -0.945. The van der Waals surface area contributed by atoms with E-state index in [-0.39, 0.29) is 17.8 Å². The van der Waals surface area contributed by atoms with Crippen molar-refractivity contribution >= 4 is 11.8 Å². The molecule has 1 saturated heterocycles. The van der Waals surface area contributed by atoms with E-state index in [0.717, 1.165) is 0 Å². The Balaban J connectivity index is 2.30. The molecule has 2 atom stereocenters. The van der Waals surface area contributed by atoms with Crippen LogP contribution in [0.1, 0.15) is 24.2 Å². The van der Waals surface area contributed by atoms with Crippen LogP contribution >= 0.6 is 0 Å². The molecule has 0 amide bonds. The van der Waals surface area contributed by atoms with E-state index in [9.17, 15) is 4.79 Å². The maximum atomic E-state index is 11.1. The van der Waals surface area contributed by atoms with Crippen molar-refractivity contribution in [3.05, 3.63) is 23.9 Å². The Morgan fingerprint density at radius 3 is 2.71 bits per heavy atom. The zero-order chi connectivity index (χ0) is 12.4. The fourth-order valence-electron chi connectivity index (χ4n) is 2.17. The van der Waals surface area contributed by atoms with Crippen LogP contribution in [-0.2, 0) is 4.74 Å². The Bertz CT molecular complexity index is 412. The predicted molar refractivity (Wildman–Crippen MR) is 63.4 cm³/mol. The Hall–Kier alpha value is -1.62. The average Bonchev–Trinajstić information content (AvgIpc) is 2.27. The third-order valence-electron chi connectivity index (χ3n) is 2.74. The predicted octanol–water partition coefficient (Wildman–Crippen LogP) is 1.39. The molecule has 0 aliphatic carbocycles. The number of hydrogen-bond acceptors (Lipinski definition) is 4. The summed E-state index contributed by atoms with van der Waals surface area (Å²) in [5.41, 5.74) is 0.244. The van der Waals surface area contributed by atoms with Crippen molar-refractivity contribution in [3.8, 4) is 0 Å². The molecule has 2 rings (SSSR count). The van der Waals surface area contributed by atoms with E-state index in [1.165, 1.54) is 0 Å². The van der Waals surface area contributed by atoms with Gasteiger partial charge in [0, 0.05) is 19.3 Å². The first kappa shape index (κ1) is 11.9. The van der Waals surface area contributed by atoms with Crippen molar-refractivity contribution in [2.45, 2.75) is 26.1 Å². The lowest BCUT2D eigenvalue weighted by molar-refractivity contribution is -0.00556. The van der Waals surface area contributed by atoms with Gasteiger partial charge in [0.1, 0.15) is 11.4 Å². The van der Waals surface area contributed by atoms with E-state index in [1.54, 1.807) is 18.3 Å². The van der Waals surface area contributed by atoms with Crippen LogP contribution in [0.5, 0.6) is 0 Å². The van der Waals surface area contributed by atoms with Crippen molar-refractivity contribution in [2.75, 3.05) is 18.0 Å². The van der Waals surface area contributed by atoms with Crippen molar-refractivity contribution in [1.29, 1.82) is 0 Å². The average molecular weight is 236 g/mol. The number of nitrogens with zero attached hydrogens (tertiary/aromatic N) is 2. The zero-order valence-electron chi connectivity index (χ0n) is 9.96. The van der Waals surface area contributed by atoms with Gasteiger partial charge in [-0.1, -0.05) is 0 Å². The minimum Gasteiger partial charge on any atom is -0.478 e. The van der Waals surface area contributed by atoms with E-state index in [4.69, 9.17) is 9.84 Å². The van der Waals surface area contributed by atoms with Gasteiger partial charge in [0.05, 0.1) is 12.2 Å². The monoisotopic (exact) mass is 236 g/mol. The van der Waals surface area contributed by atoms with Gasteiger partial charge in [0.25, 0.3) is 0 Å². The Kier molecular flexibility index (Phi) is 3.28. The lowest BCUT2D eigenvalue weighted by Gasteiger charge is -2.36. The van der Waals surface area contributed by atoms with E-state index >= 15 is 0 Å². The molecule has 5 nitrogen and oxygen atoms in total. The Morgan fingerprint density at radius 2 is 2.12 bits per heavy atom. The number of carbonyl (C=O) groups is 1. The van der Waals surface area contributed by atoms with Gasteiger partial charge in [0.15, 0.2) is 0 Å². The number of anilines is 1. The molecule has 0 unspecified atom stereocenters. The van der Waals surface area contributed by atoms with Gasteiger partial charge in [0.2, 0.25) is 0 Å². The van der Waals surface area contributed by atoms with E-state index < -0.39 is 5.97 Å². The van der Waals surface area contributed by atoms with Crippen molar-refractivity contribution in [1.82, 2.24) is 4.98 Å². The summed E-state index contributed by atoms with van der Waals surface area (Å²) < 4.78 is 5.62. The quantitative estimate of drug-likeness (QED) is 0.840. The molecule has 1 aromatic rings. The zero-order valence-corrected chi connectivity index (χ0v) is 9.96. The van der Waals surface area contributed by atoms with Gasteiger partial charge < -0.3 is 14.7 Å². The van der Waals surface area contributed by atoms with E-state index in [2.05, 4.69) is 4.98 Å². The van der Waals surface area contributed by atoms with Crippen molar-refractivity contribution in [3.63, 3.8) is 0 Å². The summed E-state index contributed by atoms with van der Waals surface area (Å²) in [5.74, 6) is -0.415. The smallest absolute Gasteiger partial charge is 0.339 e. The first-order chi connectivity index (χ1) is 8.08. The maximum Gasteiger partial charge on any atom is 0.339 e. The number of aromatic carboxylic acids is 1. The summed E-state index contributed by atoms with van der Waals surface area (Å²) >= 11 is 0. The lowest BCUT2D eigenvalue weighted by Crippen LogP contribution is -2.46. The van der Waals surface area contributed by atoms with Crippen LogP contribution < -0.4 is 4.90 Å². The molecule has 0 radical (unpaired) electrons. The third kappa shape index (κ3) is 2.55. The van der Waals surface area contributed by atoms with Crippen molar-refractivity contribution < 1.29 is 14.6 Å². The summed E-state index contributed by atoms with van der Waals surface area (Å²) in [7, 11) is 0. The number of rotatable bonds is 2. The summed E-state index contributed by atoms with van der Waals surface area (Å²) in [6.07, 6.45) is 1.79. The molecule has 1 aliphatic rings. The maximum absolute atomic E-state index is 11.1. The highest BCUT2D eigenvalue weighted by Crippen LogP contribution is 2.21. The fourth-order valence-corrected chi connectivity index (χ4v) is 2.17. The van der Waals surface area contributed by atoms with Gasteiger partial charge in [-0.25, -0.2) is 9.78 Å². The molecule has 1 fully saturated rings. The number of morpholine rings is 1. The van der Waals surface area contributed by atoms with Crippen LogP contribution in [0.3, 0.4) is 0 Å². The number of pyridine rings is 1. The normalized spacial score (nSPS) is 24.7. The largest absolute Gasteiger partial charge is 0.478 e. The molecular weight excluding hydrogens is 220 g/mol. The number of carboxylic acid groups (broad SMARTS) is 1. The molecule has 5 heteroatoms. The molecule has 2 heterocycles. The van der Waals surface area contributed by atoms with E-state index in [0.29, 0.717) is 18.9 Å². The summed E-state index contributed by atoms with van der Waals surface area (Å²) in [6, 6.07) is 3.22. The van der Waals surface area contributed by atoms with Gasteiger partial charge in [-0.2, -0.15) is 0 Å². The second kappa shape index (κ2) is 4.71. The molecule has 0 bridgehead atoms. The van der Waals surface area contributed by atoms with Gasteiger partial charge in [-0.15, -0.1) is 0 Å². The van der Waals surface area contributed by atoms with Crippen LogP contribution in [0.25, 0.3) is 0 Å². The first-order valence-corrected chi connectivity index (χ1v) is 5.66. The molecule has 0 saturated carbocycles. The van der Waals surface area contributed by atoms with Crippen LogP contribution in [0.2, 0.25) is 0 Å². The molecule has 92 valence electrons. The number of hydrogen-bond donors (Lipinski definition) is 1. The highest BCUT2D eigenvalue weighted by molar-refractivity contribution is 5.93. The highest BCUT2D eigenvalue weighted by atomic mass is 16.5. The fraction of sp³-hybridized carbons (Fsp3) is 0.500. The highest BCUT2D eigenvalue weighted by Gasteiger charge is 2.26. The van der Waals surface area contributed by atoms with Gasteiger partial charge >= 0.3 is 5.97 Å². The molecule has 1 N–H and O–H groups in total. The lowest BCUT2D eigenvalue weighted by atomic mass is 10.2. The van der Waals surface area contributed by atoms with Crippen LogP contribution in [0.15, 0.2) is 18.3 Å². The van der Waals surface area contributed by atoms with Crippen molar-refractivity contribution in [2.24, 2.45) is 0 Å². The second-order valence-corrected chi connectivity index (χ2v) is 4.34. The first-order valence-electron chi connectivity index (χ1n) is 5.66. The third-order valence-corrected chi connectivity index (χ3v) is 2.74. The SMILES string of the molecule is C[C@H]1CN(c2ncccc2C(=O)O)C[C@H](C)O1.